The van der Waals surface area contributed by atoms with Crippen LogP contribution < -0.4 is 11.1 Å². The minimum atomic E-state index is 0.441. The maximum Gasteiger partial charge on any atom is 0.150 e. The summed E-state index contributed by atoms with van der Waals surface area (Å²) in [6, 6.07) is 3.69. The molecular formula is C12H16N4. The van der Waals surface area contributed by atoms with Crippen molar-refractivity contribution < 1.29 is 0 Å². The van der Waals surface area contributed by atoms with E-state index in [-0.39, 0.29) is 0 Å². The molecule has 0 aliphatic heterocycles. The van der Waals surface area contributed by atoms with Crippen LogP contribution in [0.25, 0.3) is 0 Å². The minimum Gasteiger partial charge on any atom is -0.395 e. The molecule has 3 N–H and O–H groups in total. The van der Waals surface area contributed by atoms with Crippen LogP contribution in [-0.2, 0) is 0 Å². The SMILES string of the molecule is CCC1(CNc2nccc(C#N)c2N)CC1. The normalized spacial score (nSPS) is 16.5. The van der Waals surface area contributed by atoms with E-state index in [1.165, 1.54) is 19.3 Å². The van der Waals surface area contributed by atoms with E-state index in [4.69, 9.17) is 11.0 Å². The smallest absolute Gasteiger partial charge is 0.150 e. The van der Waals surface area contributed by atoms with E-state index in [0.29, 0.717) is 22.5 Å². The molecule has 1 heterocycles. The number of nitrogens with two attached hydrogens (primary N) is 1. The third-order valence-electron chi connectivity index (χ3n) is 3.45. The lowest BCUT2D eigenvalue weighted by Crippen LogP contribution is -2.16. The van der Waals surface area contributed by atoms with Crippen LogP contribution in [0.4, 0.5) is 11.5 Å². The van der Waals surface area contributed by atoms with Crippen molar-refractivity contribution in [2.75, 3.05) is 17.6 Å². The second-order valence-electron chi connectivity index (χ2n) is 4.44. The third kappa shape index (κ3) is 1.94. The molecule has 0 radical (unpaired) electrons. The first kappa shape index (κ1) is 10.7. The summed E-state index contributed by atoms with van der Waals surface area (Å²) in [5, 5.41) is 12.1. The lowest BCUT2D eigenvalue weighted by Gasteiger charge is -2.15. The standard InChI is InChI=1S/C12H16N4/c1-2-12(4-5-12)8-16-11-10(14)9(7-13)3-6-15-11/h3,6H,2,4-5,8,14H2,1H3,(H,15,16). The summed E-state index contributed by atoms with van der Waals surface area (Å²) in [4.78, 5) is 4.16. The van der Waals surface area contributed by atoms with Crippen molar-refractivity contribution in [3.05, 3.63) is 17.8 Å². The first-order chi connectivity index (χ1) is 7.71. The van der Waals surface area contributed by atoms with E-state index < -0.39 is 0 Å². The van der Waals surface area contributed by atoms with Crippen LogP contribution in [0.15, 0.2) is 12.3 Å². The lowest BCUT2D eigenvalue weighted by atomic mass is 10.0. The Kier molecular flexibility index (Phi) is 2.69. The van der Waals surface area contributed by atoms with Crippen molar-refractivity contribution in [2.45, 2.75) is 26.2 Å². The van der Waals surface area contributed by atoms with E-state index in [1.807, 2.05) is 0 Å². The van der Waals surface area contributed by atoms with Crippen molar-refractivity contribution in [3.8, 4) is 6.07 Å². The van der Waals surface area contributed by atoms with Gasteiger partial charge in [-0.2, -0.15) is 5.26 Å². The Hall–Kier alpha value is -1.76. The van der Waals surface area contributed by atoms with Crippen molar-refractivity contribution >= 4 is 11.5 Å². The zero-order chi connectivity index (χ0) is 11.6. The van der Waals surface area contributed by atoms with E-state index >= 15 is 0 Å². The number of nitrogen functional groups attached to an aromatic ring is 1. The van der Waals surface area contributed by atoms with E-state index in [2.05, 4.69) is 23.3 Å². The van der Waals surface area contributed by atoms with Gasteiger partial charge in [0.05, 0.1) is 11.3 Å². The van der Waals surface area contributed by atoms with Crippen LogP contribution in [0, 0.1) is 16.7 Å². The summed E-state index contributed by atoms with van der Waals surface area (Å²) in [6.07, 6.45) is 5.34. The Balaban J connectivity index is 2.08. The molecule has 1 aliphatic rings. The summed E-state index contributed by atoms with van der Waals surface area (Å²) in [5.74, 6) is 0.638. The number of hydrogen-bond acceptors (Lipinski definition) is 4. The number of hydrogen-bond donors (Lipinski definition) is 2. The quantitative estimate of drug-likeness (QED) is 0.808. The van der Waals surface area contributed by atoms with Crippen LogP contribution in [0.2, 0.25) is 0 Å². The zero-order valence-corrected chi connectivity index (χ0v) is 9.45. The molecular weight excluding hydrogens is 200 g/mol. The number of rotatable bonds is 4. The highest BCUT2D eigenvalue weighted by Crippen LogP contribution is 2.48. The molecule has 4 nitrogen and oxygen atoms in total. The lowest BCUT2D eigenvalue weighted by molar-refractivity contribution is 0.521. The summed E-state index contributed by atoms with van der Waals surface area (Å²) in [5.41, 5.74) is 7.22. The minimum absolute atomic E-state index is 0.441. The van der Waals surface area contributed by atoms with Gasteiger partial charge in [-0.25, -0.2) is 4.98 Å². The highest BCUT2D eigenvalue weighted by atomic mass is 15.0. The molecule has 1 fully saturated rings. The number of pyridine rings is 1. The molecule has 0 bridgehead atoms. The second-order valence-corrected chi connectivity index (χ2v) is 4.44. The third-order valence-corrected chi connectivity index (χ3v) is 3.45. The predicted octanol–water partition coefficient (Wildman–Crippen LogP) is 2.14. The highest BCUT2D eigenvalue weighted by Gasteiger charge is 2.40. The average Bonchev–Trinajstić information content (AvgIpc) is 3.08. The van der Waals surface area contributed by atoms with Crippen LogP contribution >= 0.6 is 0 Å². The number of nitrogens with zero attached hydrogens (tertiary/aromatic N) is 2. The highest BCUT2D eigenvalue weighted by molar-refractivity contribution is 5.68. The first-order valence-corrected chi connectivity index (χ1v) is 5.59. The van der Waals surface area contributed by atoms with Crippen LogP contribution in [0.1, 0.15) is 31.7 Å². The molecule has 1 aromatic heterocycles. The molecule has 0 atom stereocenters. The van der Waals surface area contributed by atoms with Gasteiger partial charge in [-0.3, -0.25) is 0 Å². The van der Waals surface area contributed by atoms with Gasteiger partial charge in [0.2, 0.25) is 0 Å². The second kappa shape index (κ2) is 4.01. The molecule has 0 unspecified atom stereocenters. The van der Waals surface area contributed by atoms with Crippen molar-refractivity contribution in [3.63, 3.8) is 0 Å². The molecule has 0 spiro atoms. The molecule has 0 saturated heterocycles. The van der Waals surface area contributed by atoms with Gasteiger partial charge in [-0.05, 0) is 30.7 Å². The van der Waals surface area contributed by atoms with Gasteiger partial charge in [-0.1, -0.05) is 6.92 Å². The van der Waals surface area contributed by atoms with Gasteiger partial charge in [0.25, 0.3) is 0 Å². The number of nitrogens with one attached hydrogen (secondary N) is 1. The number of anilines is 2. The van der Waals surface area contributed by atoms with Crippen LogP contribution in [0.3, 0.4) is 0 Å². The van der Waals surface area contributed by atoms with Gasteiger partial charge in [0.15, 0.2) is 5.82 Å². The Morgan fingerprint density at radius 2 is 2.38 bits per heavy atom. The predicted molar refractivity (Wildman–Crippen MR) is 63.8 cm³/mol. The molecule has 0 amide bonds. The van der Waals surface area contributed by atoms with E-state index in [0.717, 1.165) is 6.54 Å². The summed E-state index contributed by atoms with van der Waals surface area (Å²) in [7, 11) is 0. The molecule has 1 aliphatic carbocycles. The Morgan fingerprint density at radius 1 is 1.62 bits per heavy atom. The number of aromatic nitrogens is 1. The van der Waals surface area contributed by atoms with E-state index in [9.17, 15) is 0 Å². The Labute approximate surface area is 95.5 Å². The van der Waals surface area contributed by atoms with E-state index in [1.54, 1.807) is 12.3 Å². The fraction of sp³-hybridized carbons (Fsp3) is 0.500. The van der Waals surface area contributed by atoms with Crippen molar-refractivity contribution in [1.29, 1.82) is 5.26 Å². The maximum absolute atomic E-state index is 8.84. The first-order valence-electron chi connectivity index (χ1n) is 5.59. The van der Waals surface area contributed by atoms with Gasteiger partial charge in [-0.15, -0.1) is 0 Å². The number of nitriles is 1. The molecule has 1 aromatic rings. The summed E-state index contributed by atoms with van der Waals surface area (Å²) < 4.78 is 0. The summed E-state index contributed by atoms with van der Waals surface area (Å²) in [6.45, 7) is 3.10. The fourth-order valence-electron chi connectivity index (χ4n) is 1.81. The van der Waals surface area contributed by atoms with Gasteiger partial charge >= 0.3 is 0 Å². The zero-order valence-electron chi connectivity index (χ0n) is 9.45. The topological polar surface area (TPSA) is 74.7 Å². The fourth-order valence-corrected chi connectivity index (χ4v) is 1.81. The molecule has 84 valence electrons. The molecule has 1 saturated carbocycles. The Morgan fingerprint density at radius 3 is 2.94 bits per heavy atom. The van der Waals surface area contributed by atoms with Gasteiger partial charge in [0.1, 0.15) is 6.07 Å². The molecule has 16 heavy (non-hydrogen) atoms. The monoisotopic (exact) mass is 216 g/mol. The van der Waals surface area contributed by atoms with Gasteiger partial charge < -0.3 is 11.1 Å². The largest absolute Gasteiger partial charge is 0.395 e. The van der Waals surface area contributed by atoms with Gasteiger partial charge in [0, 0.05) is 12.7 Å². The maximum atomic E-state index is 8.84. The Bertz CT molecular complexity index is 429. The molecule has 0 aromatic carbocycles. The van der Waals surface area contributed by atoms with Crippen LogP contribution in [-0.4, -0.2) is 11.5 Å². The van der Waals surface area contributed by atoms with Crippen molar-refractivity contribution in [1.82, 2.24) is 4.98 Å². The van der Waals surface area contributed by atoms with Crippen molar-refractivity contribution in [2.24, 2.45) is 5.41 Å². The van der Waals surface area contributed by atoms with Crippen LogP contribution in [0.5, 0.6) is 0 Å². The molecule has 4 heteroatoms. The molecule has 2 rings (SSSR count). The summed E-state index contributed by atoms with van der Waals surface area (Å²) >= 11 is 0. The average molecular weight is 216 g/mol.